The first-order chi connectivity index (χ1) is 9.40. The molecule has 0 bridgehead atoms. The Hall–Kier alpha value is -0.380. The highest BCUT2D eigenvalue weighted by molar-refractivity contribution is 4.91. The number of hydrogen-bond donors (Lipinski definition) is 0. The zero-order valence-corrected chi connectivity index (χ0v) is 12.1. The van der Waals surface area contributed by atoms with Gasteiger partial charge in [0.25, 0.3) is 0 Å². The highest BCUT2D eigenvalue weighted by Gasteiger charge is 2.26. The second-order valence-corrected chi connectivity index (χ2v) is 6.48. The van der Waals surface area contributed by atoms with E-state index in [1.165, 1.54) is 51.9 Å². The van der Waals surface area contributed by atoms with E-state index in [4.69, 9.17) is 4.74 Å². The highest BCUT2D eigenvalue weighted by Crippen LogP contribution is 2.24. The van der Waals surface area contributed by atoms with Crippen LogP contribution in [0.3, 0.4) is 0 Å². The molecule has 3 nitrogen and oxygen atoms in total. The molecule has 0 aromatic rings. The summed E-state index contributed by atoms with van der Waals surface area (Å²) in [4.78, 5) is 5.32. The van der Waals surface area contributed by atoms with Crippen molar-refractivity contribution < 1.29 is 4.74 Å². The lowest BCUT2D eigenvalue weighted by Gasteiger charge is -2.29. The molecule has 2 saturated heterocycles. The van der Waals surface area contributed by atoms with E-state index in [1.807, 2.05) is 0 Å². The van der Waals surface area contributed by atoms with Gasteiger partial charge in [0.15, 0.2) is 0 Å². The van der Waals surface area contributed by atoms with Gasteiger partial charge in [-0.15, -0.1) is 0 Å². The fourth-order valence-corrected chi connectivity index (χ4v) is 3.76. The first-order valence-electron chi connectivity index (χ1n) is 8.07. The van der Waals surface area contributed by atoms with Crippen LogP contribution in [0.15, 0.2) is 12.2 Å². The van der Waals surface area contributed by atoms with E-state index >= 15 is 0 Å². The van der Waals surface area contributed by atoms with E-state index in [0.29, 0.717) is 0 Å². The normalized spacial score (nSPS) is 33.9. The topological polar surface area (TPSA) is 15.7 Å². The number of rotatable bonds is 4. The van der Waals surface area contributed by atoms with E-state index in [1.54, 1.807) is 0 Å². The maximum Gasteiger partial charge on any atom is 0.0594 e. The second-order valence-electron chi connectivity index (χ2n) is 6.48. The van der Waals surface area contributed by atoms with Gasteiger partial charge >= 0.3 is 0 Å². The molecular formula is C16H28N2O. The average molecular weight is 264 g/mol. The fourth-order valence-electron chi connectivity index (χ4n) is 3.76. The van der Waals surface area contributed by atoms with Gasteiger partial charge in [-0.25, -0.2) is 0 Å². The highest BCUT2D eigenvalue weighted by atomic mass is 16.5. The molecule has 1 aliphatic carbocycles. The predicted octanol–water partition coefficient (Wildman–Crippen LogP) is 2.00. The third-order valence-electron chi connectivity index (χ3n) is 4.88. The van der Waals surface area contributed by atoms with E-state index in [0.717, 1.165) is 38.1 Å². The van der Waals surface area contributed by atoms with Crippen LogP contribution in [0.2, 0.25) is 0 Å². The zero-order chi connectivity index (χ0) is 12.9. The number of likely N-dealkylation sites (tertiary alicyclic amines) is 1. The van der Waals surface area contributed by atoms with E-state index in [-0.39, 0.29) is 0 Å². The molecule has 2 aliphatic heterocycles. The number of ether oxygens (including phenoxy) is 1. The van der Waals surface area contributed by atoms with Crippen LogP contribution in [0.25, 0.3) is 0 Å². The lowest BCUT2D eigenvalue weighted by atomic mass is 9.94. The summed E-state index contributed by atoms with van der Waals surface area (Å²) in [5.41, 5.74) is 0. The SMILES string of the molecule is C1=CC[C@@H](CN2CC[C@@H](CN3CCOCC3)C2)CC1. The molecule has 3 aliphatic rings. The lowest BCUT2D eigenvalue weighted by Crippen LogP contribution is -2.40. The number of allylic oxidation sites excluding steroid dienone is 2. The smallest absolute Gasteiger partial charge is 0.0594 e. The van der Waals surface area contributed by atoms with E-state index < -0.39 is 0 Å². The van der Waals surface area contributed by atoms with Crippen LogP contribution in [0, 0.1) is 11.8 Å². The van der Waals surface area contributed by atoms with Crippen LogP contribution in [-0.2, 0) is 4.74 Å². The fraction of sp³-hybridized carbons (Fsp3) is 0.875. The Morgan fingerprint density at radius 1 is 0.895 bits per heavy atom. The standard InChI is InChI=1S/C16H28N2O/c1-2-4-15(5-3-1)12-18-7-6-16(14-18)13-17-8-10-19-11-9-17/h1-2,15-16H,3-14H2/t15-,16+/m1/s1. The molecule has 0 unspecified atom stereocenters. The summed E-state index contributed by atoms with van der Waals surface area (Å²) < 4.78 is 5.43. The number of nitrogens with zero attached hydrogens (tertiary/aromatic N) is 2. The van der Waals surface area contributed by atoms with E-state index in [2.05, 4.69) is 22.0 Å². The quantitative estimate of drug-likeness (QED) is 0.722. The molecule has 0 N–H and O–H groups in total. The van der Waals surface area contributed by atoms with Crippen LogP contribution < -0.4 is 0 Å². The third kappa shape index (κ3) is 4.04. The summed E-state index contributed by atoms with van der Waals surface area (Å²) in [5, 5.41) is 0. The van der Waals surface area contributed by atoms with Crippen molar-refractivity contribution in [2.75, 3.05) is 52.5 Å². The molecule has 0 spiro atoms. The van der Waals surface area contributed by atoms with Crippen molar-refractivity contribution in [2.45, 2.75) is 25.7 Å². The molecule has 3 heteroatoms. The van der Waals surface area contributed by atoms with E-state index in [9.17, 15) is 0 Å². The molecule has 0 aromatic carbocycles. The Labute approximate surface area is 117 Å². The molecule has 2 atom stereocenters. The maximum atomic E-state index is 5.43. The Kier molecular flexibility index (Phi) is 4.91. The summed E-state index contributed by atoms with van der Waals surface area (Å²) in [5.74, 6) is 1.82. The largest absolute Gasteiger partial charge is 0.379 e. The van der Waals surface area contributed by atoms with Crippen molar-refractivity contribution >= 4 is 0 Å². The van der Waals surface area contributed by atoms with Gasteiger partial charge in [0.05, 0.1) is 13.2 Å². The van der Waals surface area contributed by atoms with Crippen molar-refractivity contribution in [3.05, 3.63) is 12.2 Å². The van der Waals surface area contributed by atoms with Crippen LogP contribution in [-0.4, -0.2) is 62.3 Å². The monoisotopic (exact) mass is 264 g/mol. The number of hydrogen-bond acceptors (Lipinski definition) is 3. The van der Waals surface area contributed by atoms with Gasteiger partial charge in [0.1, 0.15) is 0 Å². The second kappa shape index (κ2) is 6.87. The minimum atomic E-state index is 0.900. The Bertz CT molecular complexity index is 299. The average Bonchev–Trinajstić information content (AvgIpc) is 2.88. The molecular weight excluding hydrogens is 236 g/mol. The van der Waals surface area contributed by atoms with Crippen molar-refractivity contribution in [2.24, 2.45) is 11.8 Å². The minimum absolute atomic E-state index is 0.900. The first kappa shape index (κ1) is 13.6. The van der Waals surface area contributed by atoms with Crippen molar-refractivity contribution in [1.82, 2.24) is 9.80 Å². The van der Waals surface area contributed by atoms with Crippen LogP contribution >= 0.6 is 0 Å². The lowest BCUT2D eigenvalue weighted by molar-refractivity contribution is 0.0311. The first-order valence-corrected chi connectivity index (χ1v) is 8.07. The van der Waals surface area contributed by atoms with Crippen molar-refractivity contribution in [1.29, 1.82) is 0 Å². The number of morpholine rings is 1. The van der Waals surface area contributed by atoms with Gasteiger partial charge in [-0.3, -0.25) is 4.90 Å². The van der Waals surface area contributed by atoms with Gasteiger partial charge in [-0.05, 0) is 44.1 Å². The van der Waals surface area contributed by atoms with Gasteiger partial charge in [0.2, 0.25) is 0 Å². The zero-order valence-electron chi connectivity index (χ0n) is 12.1. The molecule has 2 heterocycles. The molecule has 2 fully saturated rings. The summed E-state index contributed by atoms with van der Waals surface area (Å²) in [7, 11) is 0. The minimum Gasteiger partial charge on any atom is -0.379 e. The van der Waals surface area contributed by atoms with Crippen molar-refractivity contribution in [3.63, 3.8) is 0 Å². The van der Waals surface area contributed by atoms with Crippen LogP contribution in [0.4, 0.5) is 0 Å². The summed E-state index contributed by atoms with van der Waals surface area (Å²) in [6, 6.07) is 0. The molecule has 0 aromatic heterocycles. The van der Waals surface area contributed by atoms with Gasteiger partial charge in [-0.1, -0.05) is 12.2 Å². The molecule has 19 heavy (non-hydrogen) atoms. The summed E-state index contributed by atoms with van der Waals surface area (Å²) >= 11 is 0. The summed E-state index contributed by atoms with van der Waals surface area (Å²) in [6.07, 6.45) is 10.2. The molecule has 0 amide bonds. The Balaban J connectivity index is 1.38. The Morgan fingerprint density at radius 2 is 1.74 bits per heavy atom. The van der Waals surface area contributed by atoms with Crippen LogP contribution in [0.5, 0.6) is 0 Å². The predicted molar refractivity (Wildman–Crippen MR) is 78.3 cm³/mol. The van der Waals surface area contributed by atoms with Crippen LogP contribution in [0.1, 0.15) is 25.7 Å². The van der Waals surface area contributed by atoms with Crippen molar-refractivity contribution in [3.8, 4) is 0 Å². The Morgan fingerprint density at radius 3 is 2.53 bits per heavy atom. The van der Waals surface area contributed by atoms with Gasteiger partial charge < -0.3 is 9.64 Å². The van der Waals surface area contributed by atoms with Gasteiger partial charge in [0, 0.05) is 32.7 Å². The van der Waals surface area contributed by atoms with Gasteiger partial charge in [-0.2, -0.15) is 0 Å². The third-order valence-corrected chi connectivity index (χ3v) is 4.88. The molecule has 0 radical (unpaired) electrons. The molecule has 108 valence electrons. The summed E-state index contributed by atoms with van der Waals surface area (Å²) in [6.45, 7) is 9.45. The maximum absolute atomic E-state index is 5.43. The molecule has 3 rings (SSSR count). The molecule has 0 saturated carbocycles.